The van der Waals surface area contributed by atoms with Gasteiger partial charge in [-0.15, -0.1) is 11.3 Å². The zero-order valence-electron chi connectivity index (χ0n) is 9.48. The molecule has 17 heavy (non-hydrogen) atoms. The van der Waals surface area contributed by atoms with Gasteiger partial charge in [-0.05, 0) is 30.2 Å². The van der Waals surface area contributed by atoms with Crippen LogP contribution in [0.1, 0.15) is 22.2 Å². The van der Waals surface area contributed by atoms with E-state index in [9.17, 15) is 0 Å². The maximum absolute atomic E-state index is 6.05. The Morgan fingerprint density at radius 1 is 1.47 bits per heavy atom. The summed E-state index contributed by atoms with van der Waals surface area (Å²) in [4.78, 5) is 4.26. The van der Waals surface area contributed by atoms with E-state index in [1.165, 1.54) is 0 Å². The predicted molar refractivity (Wildman–Crippen MR) is 72.1 cm³/mol. The highest BCUT2D eigenvalue weighted by Gasteiger charge is 2.13. The Balaban J connectivity index is 2.22. The van der Waals surface area contributed by atoms with E-state index in [2.05, 4.69) is 16.5 Å². The minimum Gasteiger partial charge on any atom is -0.271 e. The van der Waals surface area contributed by atoms with Crippen molar-refractivity contribution in [1.29, 1.82) is 0 Å². The van der Waals surface area contributed by atoms with E-state index in [1.807, 2.05) is 24.4 Å². The smallest absolute Gasteiger partial charge is 0.0944 e. The van der Waals surface area contributed by atoms with Gasteiger partial charge in [0, 0.05) is 23.0 Å². The second-order valence-corrected chi connectivity index (χ2v) is 5.33. The van der Waals surface area contributed by atoms with Crippen molar-refractivity contribution in [3.05, 3.63) is 50.9 Å². The molecule has 0 aliphatic heterocycles. The first-order chi connectivity index (χ1) is 8.19. The van der Waals surface area contributed by atoms with Crippen molar-refractivity contribution in [3.63, 3.8) is 0 Å². The number of hydrogen-bond donors (Lipinski definition) is 2. The average Bonchev–Trinajstić information content (AvgIpc) is 2.77. The fourth-order valence-electron chi connectivity index (χ4n) is 1.77. The van der Waals surface area contributed by atoms with Crippen LogP contribution in [0.25, 0.3) is 0 Å². The summed E-state index contributed by atoms with van der Waals surface area (Å²) in [5.74, 6) is 5.61. The van der Waals surface area contributed by atoms with E-state index in [0.29, 0.717) is 0 Å². The molecule has 5 heteroatoms. The van der Waals surface area contributed by atoms with Gasteiger partial charge >= 0.3 is 0 Å². The number of nitrogens with zero attached hydrogens (tertiary/aromatic N) is 1. The predicted octanol–water partition coefficient (Wildman–Crippen LogP) is 2.85. The highest BCUT2D eigenvalue weighted by atomic mass is 35.5. The normalized spacial score (nSPS) is 12.6. The topological polar surface area (TPSA) is 50.9 Å². The van der Waals surface area contributed by atoms with E-state index in [1.54, 1.807) is 17.5 Å². The minimum absolute atomic E-state index is 0.0403. The van der Waals surface area contributed by atoms with Crippen molar-refractivity contribution in [2.75, 3.05) is 0 Å². The van der Waals surface area contributed by atoms with Crippen molar-refractivity contribution in [1.82, 2.24) is 10.4 Å². The van der Waals surface area contributed by atoms with Crippen LogP contribution >= 0.6 is 22.9 Å². The Labute approximate surface area is 110 Å². The molecule has 90 valence electrons. The third-order valence-corrected chi connectivity index (χ3v) is 3.55. The van der Waals surface area contributed by atoms with Crippen molar-refractivity contribution in [2.24, 2.45) is 5.84 Å². The maximum Gasteiger partial charge on any atom is 0.0944 e. The first kappa shape index (κ1) is 12.5. The van der Waals surface area contributed by atoms with Gasteiger partial charge < -0.3 is 0 Å². The molecule has 2 aromatic rings. The molecule has 0 aliphatic carbocycles. The van der Waals surface area contributed by atoms with Crippen LogP contribution in [0.4, 0.5) is 0 Å². The lowest BCUT2D eigenvalue weighted by Crippen LogP contribution is -2.29. The summed E-state index contributed by atoms with van der Waals surface area (Å²) in [5, 5.41) is 3.76. The summed E-state index contributed by atoms with van der Waals surface area (Å²) >= 11 is 7.68. The van der Waals surface area contributed by atoms with E-state index in [-0.39, 0.29) is 6.04 Å². The third kappa shape index (κ3) is 3.26. The number of nitrogens with two attached hydrogens (primary N) is 1. The van der Waals surface area contributed by atoms with Crippen molar-refractivity contribution < 1.29 is 0 Å². The molecule has 1 heterocycles. The molecule has 3 nitrogen and oxygen atoms in total. The number of aromatic nitrogens is 1. The second kappa shape index (κ2) is 5.60. The first-order valence-corrected chi connectivity index (χ1v) is 6.56. The standard InChI is InChI=1S/C12H14ClN3S/c1-8-4-9(6-10(13)5-8)11(16-14)7-12-15-2-3-17-12/h2-6,11,16H,7,14H2,1H3. The molecule has 0 bridgehead atoms. The zero-order chi connectivity index (χ0) is 12.3. The number of nitrogens with one attached hydrogen (secondary N) is 1. The van der Waals surface area contributed by atoms with E-state index < -0.39 is 0 Å². The van der Waals surface area contributed by atoms with Crippen LogP contribution < -0.4 is 11.3 Å². The summed E-state index contributed by atoms with van der Waals surface area (Å²) in [5.41, 5.74) is 5.04. The molecule has 1 aromatic carbocycles. The summed E-state index contributed by atoms with van der Waals surface area (Å²) < 4.78 is 0. The molecule has 0 saturated carbocycles. The summed E-state index contributed by atoms with van der Waals surface area (Å²) in [7, 11) is 0. The van der Waals surface area contributed by atoms with Gasteiger partial charge in [0.25, 0.3) is 0 Å². The van der Waals surface area contributed by atoms with Crippen LogP contribution in [-0.4, -0.2) is 4.98 Å². The van der Waals surface area contributed by atoms with Crippen molar-refractivity contribution >= 4 is 22.9 Å². The fraction of sp³-hybridized carbons (Fsp3) is 0.250. The van der Waals surface area contributed by atoms with Gasteiger partial charge in [-0.1, -0.05) is 17.7 Å². The fourth-order valence-corrected chi connectivity index (χ4v) is 2.73. The Hall–Kier alpha value is -0.940. The molecular formula is C12H14ClN3S. The maximum atomic E-state index is 6.05. The van der Waals surface area contributed by atoms with Crippen LogP contribution in [0, 0.1) is 6.92 Å². The van der Waals surface area contributed by atoms with Crippen LogP contribution in [-0.2, 0) is 6.42 Å². The molecule has 0 fully saturated rings. The number of hydrazine groups is 1. The third-order valence-electron chi connectivity index (χ3n) is 2.53. The van der Waals surface area contributed by atoms with Gasteiger partial charge in [-0.2, -0.15) is 0 Å². The largest absolute Gasteiger partial charge is 0.271 e. The lowest BCUT2D eigenvalue weighted by atomic mass is 10.0. The van der Waals surface area contributed by atoms with Crippen molar-refractivity contribution in [2.45, 2.75) is 19.4 Å². The highest BCUT2D eigenvalue weighted by molar-refractivity contribution is 7.09. The SMILES string of the molecule is Cc1cc(Cl)cc(C(Cc2nccs2)NN)c1. The average molecular weight is 268 g/mol. The molecule has 0 aliphatic rings. The second-order valence-electron chi connectivity index (χ2n) is 3.91. The summed E-state index contributed by atoms with van der Waals surface area (Å²) in [6.45, 7) is 2.02. The number of hydrogen-bond acceptors (Lipinski definition) is 4. The summed E-state index contributed by atoms with van der Waals surface area (Å²) in [6, 6.07) is 6.00. The van der Waals surface area contributed by atoms with Crippen molar-refractivity contribution in [3.8, 4) is 0 Å². The molecule has 1 unspecified atom stereocenters. The molecular weight excluding hydrogens is 254 g/mol. The number of aryl methyl sites for hydroxylation is 1. The Kier molecular flexibility index (Phi) is 4.12. The lowest BCUT2D eigenvalue weighted by molar-refractivity contribution is 0.550. The molecule has 3 N–H and O–H groups in total. The Morgan fingerprint density at radius 3 is 2.88 bits per heavy atom. The van der Waals surface area contributed by atoms with Crippen LogP contribution in [0.2, 0.25) is 5.02 Å². The van der Waals surface area contributed by atoms with E-state index in [4.69, 9.17) is 17.4 Å². The van der Waals surface area contributed by atoms with Gasteiger partial charge in [-0.3, -0.25) is 11.3 Å². The zero-order valence-corrected chi connectivity index (χ0v) is 11.1. The van der Waals surface area contributed by atoms with Gasteiger partial charge in [-0.25, -0.2) is 4.98 Å². The van der Waals surface area contributed by atoms with Gasteiger partial charge in [0.1, 0.15) is 0 Å². The molecule has 0 amide bonds. The molecule has 0 saturated heterocycles. The van der Waals surface area contributed by atoms with Crippen LogP contribution in [0.3, 0.4) is 0 Å². The Bertz CT molecular complexity index is 464. The summed E-state index contributed by atoms with van der Waals surface area (Å²) in [6.07, 6.45) is 2.57. The number of benzene rings is 1. The van der Waals surface area contributed by atoms with E-state index >= 15 is 0 Å². The number of rotatable bonds is 4. The van der Waals surface area contributed by atoms with Gasteiger partial charge in [0.2, 0.25) is 0 Å². The molecule has 1 aromatic heterocycles. The quantitative estimate of drug-likeness (QED) is 0.662. The van der Waals surface area contributed by atoms with Gasteiger partial charge in [0.15, 0.2) is 0 Å². The molecule has 0 radical (unpaired) electrons. The monoisotopic (exact) mass is 267 g/mol. The van der Waals surface area contributed by atoms with Crippen LogP contribution in [0.5, 0.6) is 0 Å². The van der Waals surface area contributed by atoms with Crippen LogP contribution in [0.15, 0.2) is 29.8 Å². The minimum atomic E-state index is 0.0403. The Morgan fingerprint density at radius 2 is 2.29 bits per heavy atom. The van der Waals surface area contributed by atoms with E-state index in [0.717, 1.165) is 27.6 Å². The number of thiazole rings is 1. The molecule has 1 atom stereocenters. The highest BCUT2D eigenvalue weighted by Crippen LogP contribution is 2.23. The van der Waals surface area contributed by atoms with Gasteiger partial charge in [0.05, 0.1) is 11.0 Å². The first-order valence-electron chi connectivity index (χ1n) is 5.30. The number of halogens is 1. The molecule has 0 spiro atoms. The lowest BCUT2D eigenvalue weighted by Gasteiger charge is -2.16. The molecule has 2 rings (SSSR count).